The van der Waals surface area contributed by atoms with Crippen LogP contribution in [0.4, 0.5) is 0 Å². The molecule has 0 bridgehead atoms. The molecule has 0 aromatic rings. The molecule has 0 atom stereocenters. The molecule has 0 aromatic heterocycles. The average Bonchev–Trinajstić information content (AvgIpc) is 1.65. The maximum absolute atomic E-state index is 5.60. The SMILES string of the molecule is CCN(CC)C(C)(N)N. The number of hydrogen-bond donors (Lipinski definition) is 2. The Bertz CT molecular complexity index is 70.9. The lowest BCUT2D eigenvalue weighted by molar-refractivity contribution is 0.129. The van der Waals surface area contributed by atoms with E-state index in [1.54, 1.807) is 6.92 Å². The summed E-state index contributed by atoms with van der Waals surface area (Å²) >= 11 is 0. The smallest absolute Gasteiger partial charge is 0.117 e. The third kappa shape index (κ3) is 2.79. The first kappa shape index (κ1) is 8.88. The van der Waals surface area contributed by atoms with Crippen LogP contribution < -0.4 is 11.5 Å². The van der Waals surface area contributed by atoms with Crippen LogP contribution in [0.3, 0.4) is 0 Å². The van der Waals surface area contributed by atoms with Gasteiger partial charge in [-0.25, -0.2) is 0 Å². The lowest BCUT2D eigenvalue weighted by Crippen LogP contribution is -2.60. The van der Waals surface area contributed by atoms with Gasteiger partial charge in [-0.1, -0.05) is 13.8 Å². The largest absolute Gasteiger partial charge is 0.301 e. The fourth-order valence-electron chi connectivity index (χ4n) is 0.905. The molecule has 0 saturated carbocycles. The summed E-state index contributed by atoms with van der Waals surface area (Å²) in [7, 11) is 0. The van der Waals surface area contributed by atoms with Gasteiger partial charge in [0.05, 0.1) is 0 Å². The fraction of sp³-hybridized carbons (Fsp3) is 1.00. The highest BCUT2D eigenvalue weighted by Gasteiger charge is 2.17. The summed E-state index contributed by atoms with van der Waals surface area (Å²) in [5.41, 5.74) is 11.2. The summed E-state index contributed by atoms with van der Waals surface area (Å²) < 4.78 is 0. The highest BCUT2D eigenvalue weighted by Crippen LogP contribution is 1.97. The van der Waals surface area contributed by atoms with E-state index < -0.39 is 5.79 Å². The molecular weight excluding hydrogens is 114 g/mol. The van der Waals surface area contributed by atoms with Crippen molar-refractivity contribution in [1.29, 1.82) is 0 Å². The highest BCUT2D eigenvalue weighted by molar-refractivity contribution is 4.69. The van der Waals surface area contributed by atoms with Crippen molar-refractivity contribution in [2.45, 2.75) is 26.6 Å². The molecule has 0 saturated heterocycles. The van der Waals surface area contributed by atoms with Crippen molar-refractivity contribution in [2.75, 3.05) is 13.1 Å². The van der Waals surface area contributed by atoms with Crippen LogP contribution in [0.5, 0.6) is 0 Å². The molecule has 0 rings (SSSR count). The topological polar surface area (TPSA) is 55.3 Å². The van der Waals surface area contributed by atoms with Gasteiger partial charge in [0, 0.05) is 0 Å². The molecule has 3 nitrogen and oxygen atoms in total. The van der Waals surface area contributed by atoms with Crippen LogP contribution in [0, 0.1) is 0 Å². The first-order valence-electron chi connectivity index (χ1n) is 3.35. The van der Waals surface area contributed by atoms with Gasteiger partial charge in [0.1, 0.15) is 5.79 Å². The second kappa shape index (κ2) is 3.15. The lowest BCUT2D eigenvalue weighted by Gasteiger charge is -2.32. The van der Waals surface area contributed by atoms with E-state index in [9.17, 15) is 0 Å². The quantitative estimate of drug-likeness (QED) is 0.527. The third-order valence-corrected chi connectivity index (χ3v) is 1.44. The van der Waals surface area contributed by atoms with E-state index in [0.29, 0.717) is 0 Å². The van der Waals surface area contributed by atoms with Crippen molar-refractivity contribution in [2.24, 2.45) is 11.5 Å². The van der Waals surface area contributed by atoms with E-state index in [0.717, 1.165) is 13.1 Å². The minimum atomic E-state index is -0.649. The van der Waals surface area contributed by atoms with Crippen molar-refractivity contribution in [3.05, 3.63) is 0 Å². The molecule has 56 valence electrons. The minimum Gasteiger partial charge on any atom is -0.301 e. The molecule has 0 aliphatic carbocycles. The molecule has 0 fully saturated rings. The zero-order valence-electron chi connectivity index (χ0n) is 6.52. The van der Waals surface area contributed by atoms with E-state index in [1.807, 2.05) is 18.7 Å². The van der Waals surface area contributed by atoms with Crippen molar-refractivity contribution < 1.29 is 0 Å². The monoisotopic (exact) mass is 131 g/mol. The maximum Gasteiger partial charge on any atom is 0.117 e. The van der Waals surface area contributed by atoms with Gasteiger partial charge in [-0.15, -0.1) is 0 Å². The van der Waals surface area contributed by atoms with Crippen molar-refractivity contribution in [3.63, 3.8) is 0 Å². The number of nitrogens with zero attached hydrogens (tertiary/aromatic N) is 1. The second-order valence-corrected chi connectivity index (χ2v) is 2.40. The van der Waals surface area contributed by atoms with Gasteiger partial charge in [-0.05, 0) is 20.0 Å². The Balaban J connectivity index is 3.79. The highest BCUT2D eigenvalue weighted by atomic mass is 15.3. The summed E-state index contributed by atoms with van der Waals surface area (Å²) in [6.45, 7) is 7.70. The van der Waals surface area contributed by atoms with Gasteiger partial charge in [0.15, 0.2) is 0 Å². The Hall–Kier alpha value is -0.120. The number of nitrogens with two attached hydrogens (primary N) is 2. The first-order chi connectivity index (χ1) is 4.02. The van der Waals surface area contributed by atoms with Gasteiger partial charge in [0.2, 0.25) is 0 Å². The Morgan fingerprint density at radius 1 is 1.22 bits per heavy atom. The molecule has 0 amide bonds. The van der Waals surface area contributed by atoms with E-state index in [-0.39, 0.29) is 0 Å². The van der Waals surface area contributed by atoms with Crippen LogP contribution in [-0.2, 0) is 0 Å². The van der Waals surface area contributed by atoms with Crippen LogP contribution in [0.2, 0.25) is 0 Å². The van der Waals surface area contributed by atoms with E-state index in [2.05, 4.69) is 0 Å². The molecule has 0 spiro atoms. The molecule has 3 heteroatoms. The van der Waals surface area contributed by atoms with E-state index in [4.69, 9.17) is 11.5 Å². The van der Waals surface area contributed by atoms with Crippen LogP contribution >= 0.6 is 0 Å². The maximum atomic E-state index is 5.60. The molecule has 0 radical (unpaired) electrons. The van der Waals surface area contributed by atoms with Gasteiger partial charge >= 0.3 is 0 Å². The van der Waals surface area contributed by atoms with Crippen LogP contribution in [-0.4, -0.2) is 23.8 Å². The third-order valence-electron chi connectivity index (χ3n) is 1.44. The van der Waals surface area contributed by atoms with Crippen LogP contribution in [0.25, 0.3) is 0 Å². The molecular formula is C6H17N3. The molecule has 0 unspecified atom stereocenters. The predicted octanol–water partition coefficient (Wildman–Crippen LogP) is -0.0807. The Morgan fingerprint density at radius 3 is 1.56 bits per heavy atom. The van der Waals surface area contributed by atoms with Gasteiger partial charge in [-0.2, -0.15) is 0 Å². The average molecular weight is 131 g/mol. The molecule has 4 N–H and O–H groups in total. The van der Waals surface area contributed by atoms with Gasteiger partial charge in [-0.3, -0.25) is 4.90 Å². The van der Waals surface area contributed by atoms with E-state index >= 15 is 0 Å². The summed E-state index contributed by atoms with van der Waals surface area (Å²) in [6.07, 6.45) is 0. The summed E-state index contributed by atoms with van der Waals surface area (Å²) in [5.74, 6) is -0.649. The molecule has 0 aromatic carbocycles. The zero-order chi connectivity index (χ0) is 7.49. The van der Waals surface area contributed by atoms with Crippen molar-refractivity contribution in [3.8, 4) is 0 Å². The van der Waals surface area contributed by atoms with Gasteiger partial charge in [0.25, 0.3) is 0 Å². The van der Waals surface area contributed by atoms with Crippen LogP contribution in [0.1, 0.15) is 20.8 Å². The Labute approximate surface area is 57.0 Å². The molecule has 0 aliphatic rings. The Kier molecular flexibility index (Phi) is 3.11. The normalized spacial score (nSPS) is 12.7. The Morgan fingerprint density at radius 2 is 1.56 bits per heavy atom. The number of rotatable bonds is 3. The lowest BCUT2D eigenvalue weighted by atomic mass is 10.3. The summed E-state index contributed by atoms with van der Waals surface area (Å²) in [5, 5.41) is 0. The van der Waals surface area contributed by atoms with Crippen LogP contribution in [0.15, 0.2) is 0 Å². The molecule has 0 heterocycles. The zero-order valence-corrected chi connectivity index (χ0v) is 6.52. The molecule has 9 heavy (non-hydrogen) atoms. The predicted molar refractivity (Wildman–Crippen MR) is 39.7 cm³/mol. The molecule has 0 aliphatic heterocycles. The minimum absolute atomic E-state index is 0.649. The summed E-state index contributed by atoms with van der Waals surface area (Å²) in [4.78, 5) is 1.99. The fourth-order valence-corrected chi connectivity index (χ4v) is 0.905. The van der Waals surface area contributed by atoms with Gasteiger partial charge < -0.3 is 11.5 Å². The van der Waals surface area contributed by atoms with Crippen molar-refractivity contribution in [1.82, 2.24) is 4.90 Å². The summed E-state index contributed by atoms with van der Waals surface area (Å²) in [6, 6.07) is 0. The second-order valence-electron chi connectivity index (χ2n) is 2.40. The van der Waals surface area contributed by atoms with E-state index in [1.165, 1.54) is 0 Å². The number of hydrogen-bond acceptors (Lipinski definition) is 3. The first-order valence-corrected chi connectivity index (χ1v) is 3.35. The standard InChI is InChI=1S/C6H17N3/c1-4-9(5-2)6(3,7)8/h4-5,7-8H2,1-3H3. The van der Waals surface area contributed by atoms with Crippen molar-refractivity contribution >= 4 is 0 Å².